The zero-order chi connectivity index (χ0) is 20.8. The van der Waals surface area contributed by atoms with Gasteiger partial charge in [0, 0.05) is 17.8 Å². The summed E-state index contributed by atoms with van der Waals surface area (Å²) in [7, 11) is 2.94. The van der Waals surface area contributed by atoms with Crippen molar-refractivity contribution in [2.75, 3.05) is 19.5 Å². The number of methoxy groups -OCH3 is 2. The van der Waals surface area contributed by atoms with Crippen molar-refractivity contribution >= 4 is 29.1 Å². The molecule has 7 nitrogen and oxygen atoms in total. The van der Waals surface area contributed by atoms with E-state index < -0.39 is 0 Å². The molecule has 2 amide bonds. The Labute approximate surface area is 172 Å². The molecule has 0 aliphatic rings. The lowest BCUT2D eigenvalue weighted by molar-refractivity contribution is 0.0949. The van der Waals surface area contributed by atoms with E-state index in [-0.39, 0.29) is 29.1 Å². The van der Waals surface area contributed by atoms with Gasteiger partial charge in [-0.1, -0.05) is 23.7 Å². The molecule has 0 aliphatic heterocycles. The molecular weight excluding hydrogens is 396 g/mol. The molecule has 0 spiro atoms. The number of carbonyl (C=O) groups excluding carboxylic acids is 2. The van der Waals surface area contributed by atoms with Crippen LogP contribution in [0.4, 0.5) is 5.69 Å². The summed E-state index contributed by atoms with van der Waals surface area (Å²) in [5, 5.41) is 5.84. The van der Waals surface area contributed by atoms with Crippen LogP contribution in [0, 0.1) is 0 Å². The van der Waals surface area contributed by atoms with E-state index in [1.807, 2.05) is 6.07 Å². The van der Waals surface area contributed by atoms with Gasteiger partial charge in [-0.05, 0) is 42.0 Å². The van der Waals surface area contributed by atoms with Crippen LogP contribution >= 0.6 is 11.6 Å². The van der Waals surface area contributed by atoms with Crippen LogP contribution in [-0.2, 0) is 6.54 Å². The summed E-state index contributed by atoms with van der Waals surface area (Å²) < 4.78 is 15.5. The maximum absolute atomic E-state index is 12.5. The summed E-state index contributed by atoms with van der Waals surface area (Å²) in [6, 6.07) is 13.4. The predicted octanol–water partition coefficient (Wildman–Crippen LogP) is 4.13. The van der Waals surface area contributed by atoms with Crippen molar-refractivity contribution in [1.29, 1.82) is 0 Å². The molecule has 0 radical (unpaired) electrons. The number of carbonyl (C=O) groups is 2. The molecule has 0 saturated heterocycles. The Balaban J connectivity index is 1.66. The standard InChI is InChI=1S/C21H19ClN2O5/c1-27-18-11-14(10-16(22)19(18)28-2)20(25)23-12-13-5-3-6-15(9-13)24-21(26)17-7-4-8-29-17/h3-11H,12H2,1-2H3,(H,23,25)(H,24,26). The second-order valence-electron chi connectivity index (χ2n) is 6.01. The van der Waals surface area contributed by atoms with Crippen molar-refractivity contribution in [3.8, 4) is 11.5 Å². The van der Waals surface area contributed by atoms with E-state index in [1.54, 1.807) is 36.4 Å². The first-order valence-electron chi connectivity index (χ1n) is 8.65. The van der Waals surface area contributed by atoms with Crippen molar-refractivity contribution in [3.05, 3.63) is 76.7 Å². The molecule has 0 saturated carbocycles. The SMILES string of the molecule is COc1cc(C(=O)NCc2cccc(NC(=O)c3ccco3)c2)cc(Cl)c1OC. The maximum Gasteiger partial charge on any atom is 0.291 e. The molecule has 3 rings (SSSR count). The number of hydrogen-bond acceptors (Lipinski definition) is 5. The number of ether oxygens (including phenoxy) is 2. The molecule has 29 heavy (non-hydrogen) atoms. The fourth-order valence-electron chi connectivity index (χ4n) is 2.69. The third-order valence-electron chi connectivity index (χ3n) is 4.08. The minimum absolute atomic E-state index is 0.217. The molecule has 1 heterocycles. The van der Waals surface area contributed by atoms with E-state index in [1.165, 1.54) is 26.5 Å². The van der Waals surface area contributed by atoms with Gasteiger partial charge in [0.15, 0.2) is 17.3 Å². The molecule has 2 N–H and O–H groups in total. The number of hydrogen-bond donors (Lipinski definition) is 2. The van der Waals surface area contributed by atoms with Crippen LogP contribution in [0.1, 0.15) is 26.5 Å². The topological polar surface area (TPSA) is 89.8 Å². The number of furan rings is 1. The summed E-state index contributed by atoms with van der Waals surface area (Å²) in [5.41, 5.74) is 1.74. The van der Waals surface area contributed by atoms with Gasteiger partial charge in [-0.15, -0.1) is 0 Å². The molecule has 0 aliphatic carbocycles. The highest BCUT2D eigenvalue weighted by molar-refractivity contribution is 6.32. The first-order chi connectivity index (χ1) is 14.0. The molecule has 3 aromatic rings. The Kier molecular flexibility index (Phi) is 6.41. The second kappa shape index (κ2) is 9.16. The average molecular weight is 415 g/mol. The van der Waals surface area contributed by atoms with Gasteiger partial charge in [0.1, 0.15) is 0 Å². The molecule has 0 atom stereocenters. The van der Waals surface area contributed by atoms with Crippen LogP contribution < -0.4 is 20.1 Å². The Hall–Kier alpha value is -3.45. The van der Waals surface area contributed by atoms with Gasteiger partial charge in [-0.25, -0.2) is 0 Å². The second-order valence-corrected chi connectivity index (χ2v) is 6.42. The fraction of sp³-hybridized carbons (Fsp3) is 0.143. The molecule has 1 aromatic heterocycles. The van der Waals surface area contributed by atoms with Crippen molar-refractivity contribution in [2.45, 2.75) is 6.54 Å². The lowest BCUT2D eigenvalue weighted by Gasteiger charge is -2.12. The number of anilines is 1. The van der Waals surface area contributed by atoms with Crippen molar-refractivity contribution < 1.29 is 23.5 Å². The molecule has 0 bridgehead atoms. The summed E-state index contributed by atoms with van der Waals surface area (Å²) in [4.78, 5) is 24.6. The summed E-state index contributed by atoms with van der Waals surface area (Å²) >= 11 is 6.15. The quantitative estimate of drug-likeness (QED) is 0.606. The van der Waals surface area contributed by atoms with E-state index in [0.717, 1.165) is 5.56 Å². The summed E-state index contributed by atoms with van der Waals surface area (Å²) in [6.07, 6.45) is 1.43. The van der Waals surface area contributed by atoms with Gasteiger partial charge in [0.25, 0.3) is 11.8 Å². The minimum Gasteiger partial charge on any atom is -0.493 e. The molecule has 2 aromatic carbocycles. The number of benzene rings is 2. The molecule has 150 valence electrons. The summed E-state index contributed by atoms with van der Waals surface area (Å²) in [5.74, 6) is 0.279. The van der Waals surface area contributed by atoms with Crippen molar-refractivity contribution in [3.63, 3.8) is 0 Å². The maximum atomic E-state index is 12.5. The van der Waals surface area contributed by atoms with Crippen LogP contribution in [0.15, 0.2) is 59.2 Å². The van der Waals surface area contributed by atoms with Gasteiger partial charge in [-0.2, -0.15) is 0 Å². The molecule has 0 unspecified atom stereocenters. The smallest absolute Gasteiger partial charge is 0.291 e. The molecular formula is C21H19ClN2O5. The van der Waals surface area contributed by atoms with Gasteiger partial charge in [0.2, 0.25) is 0 Å². The Morgan fingerprint density at radius 3 is 2.55 bits per heavy atom. The number of nitrogens with one attached hydrogen (secondary N) is 2. The highest BCUT2D eigenvalue weighted by Crippen LogP contribution is 2.36. The van der Waals surface area contributed by atoms with Crippen LogP contribution in [-0.4, -0.2) is 26.0 Å². The molecule has 8 heteroatoms. The van der Waals surface area contributed by atoms with Crippen molar-refractivity contribution in [2.24, 2.45) is 0 Å². The zero-order valence-corrected chi connectivity index (χ0v) is 16.6. The van der Waals surface area contributed by atoms with E-state index in [2.05, 4.69) is 10.6 Å². The van der Waals surface area contributed by atoms with Crippen LogP contribution in [0.5, 0.6) is 11.5 Å². The van der Waals surface area contributed by atoms with Crippen LogP contribution in [0.2, 0.25) is 5.02 Å². The lowest BCUT2D eigenvalue weighted by Crippen LogP contribution is -2.23. The van der Waals surface area contributed by atoms with Gasteiger partial charge < -0.3 is 24.5 Å². The van der Waals surface area contributed by atoms with Gasteiger partial charge in [0.05, 0.1) is 25.5 Å². The van der Waals surface area contributed by atoms with Crippen LogP contribution in [0.25, 0.3) is 0 Å². The third kappa shape index (κ3) is 4.89. The molecule has 0 fully saturated rings. The van der Waals surface area contributed by atoms with Crippen LogP contribution in [0.3, 0.4) is 0 Å². The normalized spacial score (nSPS) is 10.3. The minimum atomic E-state index is -0.351. The van der Waals surface area contributed by atoms with E-state index in [4.69, 9.17) is 25.5 Å². The van der Waals surface area contributed by atoms with Crippen molar-refractivity contribution in [1.82, 2.24) is 5.32 Å². The highest BCUT2D eigenvalue weighted by atomic mass is 35.5. The van der Waals surface area contributed by atoms with Gasteiger partial charge >= 0.3 is 0 Å². The average Bonchev–Trinajstić information content (AvgIpc) is 3.26. The Bertz CT molecular complexity index is 1020. The van der Waals surface area contributed by atoms with Gasteiger partial charge in [-0.3, -0.25) is 9.59 Å². The fourth-order valence-corrected chi connectivity index (χ4v) is 2.98. The largest absolute Gasteiger partial charge is 0.493 e. The zero-order valence-electron chi connectivity index (χ0n) is 15.8. The van der Waals surface area contributed by atoms with E-state index in [9.17, 15) is 9.59 Å². The first-order valence-corrected chi connectivity index (χ1v) is 9.03. The Morgan fingerprint density at radius 2 is 1.86 bits per heavy atom. The predicted molar refractivity (Wildman–Crippen MR) is 109 cm³/mol. The monoisotopic (exact) mass is 414 g/mol. The highest BCUT2D eigenvalue weighted by Gasteiger charge is 2.15. The lowest BCUT2D eigenvalue weighted by atomic mass is 10.1. The number of rotatable bonds is 7. The third-order valence-corrected chi connectivity index (χ3v) is 4.36. The first kappa shape index (κ1) is 20.3. The van der Waals surface area contributed by atoms with E-state index >= 15 is 0 Å². The Morgan fingerprint density at radius 1 is 1.03 bits per heavy atom. The summed E-state index contributed by atoms with van der Waals surface area (Å²) in [6.45, 7) is 0.259. The number of amides is 2. The number of halogens is 1. The van der Waals surface area contributed by atoms with E-state index in [0.29, 0.717) is 22.7 Å².